The summed E-state index contributed by atoms with van der Waals surface area (Å²) < 4.78 is 115. The number of amides is 1. The third kappa shape index (κ3) is 5.98. The molecule has 182 valence electrons. The Morgan fingerprint density at radius 2 is 1.42 bits per heavy atom. The lowest BCUT2D eigenvalue weighted by atomic mass is 9.87. The lowest BCUT2D eigenvalue weighted by molar-refractivity contribution is -0.376. The summed E-state index contributed by atoms with van der Waals surface area (Å²) in [6.45, 7) is 1.50. The van der Waals surface area contributed by atoms with E-state index in [9.17, 15) is 49.4 Å². The van der Waals surface area contributed by atoms with Crippen LogP contribution in [0.5, 0.6) is 0 Å². The largest absolute Gasteiger partial charge is 0.430 e. The van der Waals surface area contributed by atoms with E-state index >= 15 is 0 Å². The predicted molar refractivity (Wildman–Crippen MR) is 101 cm³/mol. The highest BCUT2D eigenvalue weighted by Crippen LogP contribution is 2.50. The van der Waals surface area contributed by atoms with Crippen LogP contribution in [0.1, 0.15) is 30.9 Å². The maximum atomic E-state index is 13.1. The number of hydrogen-bond donors (Lipinski definition) is 2. The van der Waals surface area contributed by atoms with E-state index in [0.29, 0.717) is 17.7 Å². The Bertz CT molecular complexity index is 963. The van der Waals surface area contributed by atoms with Gasteiger partial charge in [-0.1, -0.05) is 37.3 Å². The molecule has 0 heterocycles. The van der Waals surface area contributed by atoms with Gasteiger partial charge in [-0.05, 0) is 35.2 Å². The molecule has 2 N–H and O–H groups in total. The van der Waals surface area contributed by atoms with Crippen molar-refractivity contribution >= 4 is 11.6 Å². The zero-order chi connectivity index (χ0) is 25.2. The van der Waals surface area contributed by atoms with Crippen LogP contribution in [0, 0.1) is 0 Å². The molecule has 0 bridgehead atoms. The van der Waals surface area contributed by atoms with E-state index in [1.165, 1.54) is 31.2 Å². The number of nitrogens with one attached hydrogen (secondary N) is 1. The number of carbonyl (C=O) groups is 1. The number of halogens is 9. The second-order valence-electron chi connectivity index (χ2n) is 7.17. The van der Waals surface area contributed by atoms with Gasteiger partial charge in [0.05, 0.1) is 6.42 Å². The van der Waals surface area contributed by atoms with E-state index in [1.807, 2.05) is 0 Å². The highest BCUT2D eigenvalue weighted by molar-refractivity contribution is 5.91. The van der Waals surface area contributed by atoms with E-state index in [1.54, 1.807) is 0 Å². The lowest BCUT2D eigenvalue weighted by Crippen LogP contribution is -2.53. The number of hydrogen-bond acceptors (Lipinski definition) is 2. The Morgan fingerprint density at radius 3 is 1.88 bits per heavy atom. The summed E-state index contributed by atoms with van der Waals surface area (Å²) >= 11 is 0. The first-order valence-electron chi connectivity index (χ1n) is 9.46. The molecule has 2 aromatic carbocycles. The molecule has 0 unspecified atom stereocenters. The second kappa shape index (κ2) is 9.24. The molecule has 3 nitrogen and oxygen atoms in total. The van der Waals surface area contributed by atoms with Gasteiger partial charge in [-0.15, -0.1) is 0 Å². The number of carbonyl (C=O) groups excluding carboxylic acids is 1. The van der Waals surface area contributed by atoms with Crippen LogP contribution in [0.25, 0.3) is 11.1 Å². The molecule has 0 aliphatic rings. The van der Waals surface area contributed by atoms with Crippen molar-refractivity contribution in [3.8, 4) is 11.1 Å². The number of aryl methyl sites for hydroxylation is 1. The van der Waals surface area contributed by atoms with Crippen LogP contribution >= 0.6 is 0 Å². The fourth-order valence-electron chi connectivity index (χ4n) is 3.09. The van der Waals surface area contributed by atoms with E-state index in [-0.39, 0.29) is 23.2 Å². The average Bonchev–Trinajstić information content (AvgIpc) is 2.69. The Hall–Kier alpha value is -2.76. The lowest BCUT2D eigenvalue weighted by Gasteiger charge is -2.33. The predicted octanol–water partition coefficient (Wildman–Crippen LogP) is 6.51. The van der Waals surface area contributed by atoms with Crippen molar-refractivity contribution in [1.82, 2.24) is 0 Å². The molecule has 33 heavy (non-hydrogen) atoms. The normalized spacial score (nSPS) is 13.2. The molecular weight excluding hydrogens is 469 g/mol. The number of alkyl halides is 9. The van der Waals surface area contributed by atoms with Gasteiger partial charge in [0.25, 0.3) is 5.60 Å². The zero-order valence-corrected chi connectivity index (χ0v) is 16.9. The summed E-state index contributed by atoms with van der Waals surface area (Å²) in [4.78, 5) is 11.6. The first-order valence-corrected chi connectivity index (χ1v) is 9.46. The number of anilines is 1. The van der Waals surface area contributed by atoms with E-state index in [0.717, 1.165) is 6.07 Å². The minimum atomic E-state index is -6.01. The Kier molecular flexibility index (Phi) is 7.42. The Morgan fingerprint density at radius 1 is 0.879 bits per heavy atom. The van der Waals surface area contributed by atoms with Crippen LogP contribution in [0.3, 0.4) is 0 Å². The van der Waals surface area contributed by atoms with Crippen LogP contribution in [0.2, 0.25) is 0 Å². The molecule has 0 spiro atoms. The smallest absolute Gasteiger partial charge is 0.369 e. The monoisotopic (exact) mass is 487 g/mol. The first kappa shape index (κ1) is 26.5. The zero-order valence-electron chi connectivity index (χ0n) is 16.9. The SMILES string of the molecule is CCc1cc(C(O)(C(F)(F)F)C(F)(F)F)ccc1-c1ccc(NC(=O)CCC(F)(F)F)cc1. The number of benzene rings is 2. The maximum absolute atomic E-state index is 13.1. The molecule has 0 radical (unpaired) electrons. The van der Waals surface area contributed by atoms with Crippen molar-refractivity contribution in [2.45, 2.75) is 50.3 Å². The van der Waals surface area contributed by atoms with Gasteiger partial charge in [-0.2, -0.15) is 39.5 Å². The summed E-state index contributed by atoms with van der Waals surface area (Å²) in [5.74, 6) is -0.878. The highest BCUT2D eigenvalue weighted by Gasteiger charge is 2.71. The topological polar surface area (TPSA) is 49.3 Å². The van der Waals surface area contributed by atoms with Crippen LogP contribution < -0.4 is 5.32 Å². The molecule has 0 saturated heterocycles. The molecular formula is C21H18F9NO2. The van der Waals surface area contributed by atoms with Gasteiger partial charge < -0.3 is 10.4 Å². The molecule has 0 saturated carbocycles. The molecule has 12 heteroatoms. The number of aliphatic hydroxyl groups is 1. The quantitative estimate of drug-likeness (QED) is 0.457. The average molecular weight is 487 g/mol. The molecule has 2 aromatic rings. The van der Waals surface area contributed by atoms with Crippen LogP contribution in [-0.2, 0) is 16.8 Å². The van der Waals surface area contributed by atoms with Gasteiger partial charge in [0.15, 0.2) is 0 Å². The molecule has 2 rings (SSSR count). The van der Waals surface area contributed by atoms with Gasteiger partial charge in [-0.25, -0.2) is 0 Å². The summed E-state index contributed by atoms with van der Waals surface area (Å²) in [6, 6.07) is 7.62. The summed E-state index contributed by atoms with van der Waals surface area (Å²) in [7, 11) is 0. The van der Waals surface area contributed by atoms with Gasteiger partial charge in [0.2, 0.25) is 5.91 Å². The van der Waals surface area contributed by atoms with Crippen molar-refractivity contribution < 1.29 is 49.4 Å². The Balaban J connectivity index is 2.32. The minimum absolute atomic E-state index is 0.0326. The molecule has 0 aromatic heterocycles. The van der Waals surface area contributed by atoms with Crippen molar-refractivity contribution in [3.63, 3.8) is 0 Å². The second-order valence-corrected chi connectivity index (χ2v) is 7.17. The molecule has 0 fully saturated rings. The number of rotatable bonds is 6. The minimum Gasteiger partial charge on any atom is -0.369 e. The van der Waals surface area contributed by atoms with Gasteiger partial charge in [0, 0.05) is 17.7 Å². The molecule has 0 aliphatic carbocycles. The highest BCUT2D eigenvalue weighted by atomic mass is 19.4. The van der Waals surface area contributed by atoms with E-state index < -0.39 is 48.4 Å². The van der Waals surface area contributed by atoms with Crippen LogP contribution in [0.15, 0.2) is 42.5 Å². The first-order chi connectivity index (χ1) is 15.0. The van der Waals surface area contributed by atoms with Crippen molar-refractivity contribution in [3.05, 3.63) is 53.6 Å². The molecule has 0 aliphatic heterocycles. The maximum Gasteiger partial charge on any atom is 0.430 e. The van der Waals surface area contributed by atoms with Crippen LogP contribution in [0.4, 0.5) is 45.2 Å². The summed E-state index contributed by atoms with van der Waals surface area (Å²) in [5.41, 5.74) is -5.54. The van der Waals surface area contributed by atoms with Crippen LogP contribution in [-0.4, -0.2) is 29.5 Å². The Labute approximate surface area is 182 Å². The fourth-order valence-corrected chi connectivity index (χ4v) is 3.09. The van der Waals surface area contributed by atoms with Crippen molar-refractivity contribution in [2.75, 3.05) is 5.32 Å². The molecule has 0 atom stereocenters. The third-order valence-electron chi connectivity index (χ3n) is 4.84. The standard InChI is InChI=1S/C21H18F9NO2/c1-2-12-11-14(19(33,20(25,26)27)21(28,29)30)5-8-16(12)13-3-6-15(7-4-13)31-17(32)9-10-18(22,23)24/h3-8,11,33H,2,9-10H2,1H3,(H,31,32). The van der Waals surface area contributed by atoms with Gasteiger partial charge in [0.1, 0.15) is 0 Å². The summed E-state index contributed by atoms with van der Waals surface area (Å²) in [5, 5.41) is 11.9. The van der Waals surface area contributed by atoms with Crippen molar-refractivity contribution in [2.24, 2.45) is 0 Å². The van der Waals surface area contributed by atoms with E-state index in [2.05, 4.69) is 5.32 Å². The summed E-state index contributed by atoms with van der Waals surface area (Å²) in [6.07, 6.45) is -18.6. The fraction of sp³-hybridized carbons (Fsp3) is 0.381. The van der Waals surface area contributed by atoms with E-state index in [4.69, 9.17) is 0 Å². The van der Waals surface area contributed by atoms with Gasteiger partial charge >= 0.3 is 18.5 Å². The van der Waals surface area contributed by atoms with Gasteiger partial charge in [-0.3, -0.25) is 4.79 Å². The van der Waals surface area contributed by atoms with Crippen molar-refractivity contribution in [1.29, 1.82) is 0 Å². The molecule has 1 amide bonds. The third-order valence-corrected chi connectivity index (χ3v) is 4.84.